The number of phenols is 1. The van der Waals surface area contributed by atoms with Crippen LogP contribution in [-0.2, 0) is 0 Å². The maximum atomic E-state index is 10.5. The molecule has 0 amide bonds. The molecule has 5 heteroatoms. The minimum Gasteiger partial charge on any atom is -0.507 e. The number of anilines is 1. The van der Waals surface area contributed by atoms with Crippen molar-refractivity contribution in [3.63, 3.8) is 0 Å². The van der Waals surface area contributed by atoms with Crippen molar-refractivity contribution < 1.29 is 9.52 Å². The molecule has 26 heavy (non-hydrogen) atoms. The largest absolute Gasteiger partial charge is 0.507 e. The number of hydrogen-bond donors (Lipinski definition) is 2. The lowest BCUT2D eigenvalue weighted by Crippen LogP contribution is -2.09. The van der Waals surface area contributed by atoms with Crippen LogP contribution in [0, 0.1) is 6.92 Å². The molecule has 0 bridgehead atoms. The molecule has 1 aliphatic carbocycles. The Morgan fingerprint density at radius 3 is 2.81 bits per heavy atom. The molecule has 0 unspecified atom stereocenters. The number of nitrogens with zero attached hydrogens (tertiary/aromatic N) is 2. The van der Waals surface area contributed by atoms with E-state index in [2.05, 4.69) is 10.3 Å². The predicted octanol–water partition coefficient (Wildman–Crippen LogP) is 4.45. The van der Waals surface area contributed by atoms with Crippen LogP contribution in [0.15, 0.2) is 45.8 Å². The van der Waals surface area contributed by atoms with Crippen molar-refractivity contribution in [1.29, 1.82) is 0 Å². The third-order valence-corrected chi connectivity index (χ3v) is 4.50. The van der Waals surface area contributed by atoms with Crippen LogP contribution in [0.4, 0.5) is 5.69 Å². The van der Waals surface area contributed by atoms with Gasteiger partial charge in [-0.25, -0.2) is 4.98 Å². The zero-order valence-electron chi connectivity index (χ0n) is 15.1. The van der Waals surface area contributed by atoms with Gasteiger partial charge in [0.25, 0.3) is 0 Å². The maximum absolute atomic E-state index is 10.5. The second-order valence-corrected chi connectivity index (χ2v) is 6.30. The summed E-state index contributed by atoms with van der Waals surface area (Å²) in [5, 5.41) is 16.4. The van der Waals surface area contributed by atoms with Gasteiger partial charge in [-0.3, -0.25) is 4.99 Å². The molecule has 2 aromatic carbocycles. The van der Waals surface area contributed by atoms with Gasteiger partial charge in [-0.2, -0.15) is 0 Å². The highest BCUT2D eigenvalue weighted by Crippen LogP contribution is 2.38. The first-order valence-corrected chi connectivity index (χ1v) is 8.86. The van der Waals surface area contributed by atoms with Crippen LogP contribution in [0.25, 0.3) is 33.3 Å². The van der Waals surface area contributed by atoms with E-state index in [0.29, 0.717) is 22.2 Å². The Labute approximate surface area is 151 Å². The summed E-state index contributed by atoms with van der Waals surface area (Å²) >= 11 is 0. The third-order valence-electron chi connectivity index (χ3n) is 4.50. The topological polar surface area (TPSA) is 70.7 Å². The van der Waals surface area contributed by atoms with Gasteiger partial charge in [0.1, 0.15) is 17.0 Å². The van der Waals surface area contributed by atoms with E-state index in [4.69, 9.17) is 9.40 Å². The Hall–Kier alpha value is -3.08. The van der Waals surface area contributed by atoms with E-state index < -0.39 is 0 Å². The van der Waals surface area contributed by atoms with Crippen molar-refractivity contribution in [1.82, 2.24) is 4.98 Å². The van der Waals surface area contributed by atoms with E-state index in [-0.39, 0.29) is 5.75 Å². The Bertz CT molecular complexity index is 1160. The molecule has 0 saturated heterocycles. The summed E-state index contributed by atoms with van der Waals surface area (Å²) in [6.45, 7) is 7.56. The van der Waals surface area contributed by atoms with Gasteiger partial charge in [-0.1, -0.05) is 12.1 Å². The smallest absolute Gasteiger partial charge is 0.156 e. The summed E-state index contributed by atoms with van der Waals surface area (Å²) in [4.78, 5) is 9.31. The quantitative estimate of drug-likeness (QED) is 0.424. The summed E-state index contributed by atoms with van der Waals surface area (Å²) in [5.41, 5.74) is 4.02. The number of phenolic OH excluding ortho intramolecular Hbond substituents is 1. The zero-order valence-corrected chi connectivity index (χ0v) is 15.1. The SMILES string of the molecule is CCN=c1cc2oc3cc(NCC)c4cccc(O)c4c3nc-2cc1C. The number of rotatable bonds is 3. The van der Waals surface area contributed by atoms with Crippen LogP contribution in [0.2, 0.25) is 0 Å². The molecule has 0 atom stereocenters. The number of aromatic hydroxyl groups is 1. The van der Waals surface area contributed by atoms with Crippen LogP contribution in [0.3, 0.4) is 0 Å². The lowest BCUT2D eigenvalue weighted by Gasteiger charge is -2.14. The van der Waals surface area contributed by atoms with Crippen LogP contribution in [0.5, 0.6) is 5.75 Å². The van der Waals surface area contributed by atoms with Crippen LogP contribution in [0.1, 0.15) is 19.4 Å². The van der Waals surface area contributed by atoms with Gasteiger partial charge in [-0.15, -0.1) is 0 Å². The molecule has 5 nitrogen and oxygen atoms in total. The molecular weight excluding hydrogens is 326 g/mol. The first-order chi connectivity index (χ1) is 12.6. The molecule has 0 saturated carbocycles. The number of fused-ring (bicyclic) bond motifs is 4. The van der Waals surface area contributed by atoms with E-state index >= 15 is 0 Å². The second-order valence-electron chi connectivity index (χ2n) is 6.30. The van der Waals surface area contributed by atoms with Crippen molar-refractivity contribution >= 4 is 27.6 Å². The van der Waals surface area contributed by atoms with Crippen molar-refractivity contribution in [2.75, 3.05) is 18.4 Å². The van der Waals surface area contributed by atoms with E-state index in [1.165, 1.54) is 0 Å². The van der Waals surface area contributed by atoms with E-state index in [0.717, 1.165) is 40.8 Å². The standard InChI is InChI=1S/C21H21N3O2/c1-4-22-14-10-18-16(9-12(14)3)24-21-19(26-18)11-15(23-5-2)13-7-6-8-17(25)20(13)21/h6-11,23,25H,4-5H2,1-3H3. The predicted molar refractivity (Wildman–Crippen MR) is 105 cm³/mol. The number of aryl methyl sites for hydroxylation is 1. The minimum atomic E-state index is 0.198. The van der Waals surface area contributed by atoms with E-state index in [1.54, 1.807) is 6.07 Å². The Morgan fingerprint density at radius 1 is 1.19 bits per heavy atom. The second kappa shape index (κ2) is 6.33. The van der Waals surface area contributed by atoms with Crippen LogP contribution >= 0.6 is 0 Å². The summed E-state index contributed by atoms with van der Waals surface area (Å²) in [7, 11) is 0. The molecule has 0 radical (unpaired) electrons. The van der Waals surface area contributed by atoms with Crippen LogP contribution < -0.4 is 10.7 Å². The third kappa shape index (κ3) is 2.56. The molecule has 2 aliphatic rings. The molecule has 0 spiro atoms. The summed E-state index contributed by atoms with van der Waals surface area (Å²) in [6, 6.07) is 11.4. The molecule has 0 aromatic heterocycles. The lowest BCUT2D eigenvalue weighted by atomic mass is 10.0. The fourth-order valence-electron chi connectivity index (χ4n) is 3.35. The summed E-state index contributed by atoms with van der Waals surface area (Å²) in [6.07, 6.45) is 0. The van der Waals surface area contributed by atoms with Crippen LogP contribution in [-0.4, -0.2) is 23.2 Å². The highest BCUT2D eigenvalue weighted by Gasteiger charge is 2.16. The average Bonchev–Trinajstić information content (AvgIpc) is 2.62. The molecule has 1 aliphatic heterocycles. The number of nitrogens with one attached hydrogen (secondary N) is 1. The zero-order chi connectivity index (χ0) is 18.3. The molecular formula is C21H21N3O2. The molecule has 2 aromatic rings. The van der Waals surface area contributed by atoms with Crippen molar-refractivity contribution in [3.05, 3.63) is 47.3 Å². The Morgan fingerprint density at radius 2 is 2.04 bits per heavy atom. The Balaban J connectivity index is 2.15. The van der Waals surface area contributed by atoms with Crippen molar-refractivity contribution in [2.24, 2.45) is 4.99 Å². The highest BCUT2D eigenvalue weighted by molar-refractivity contribution is 6.12. The molecule has 2 N–H and O–H groups in total. The Kier molecular flexibility index (Phi) is 3.99. The molecule has 4 rings (SSSR count). The fraction of sp³-hybridized carbons (Fsp3) is 0.238. The lowest BCUT2D eigenvalue weighted by molar-refractivity contribution is 0.482. The van der Waals surface area contributed by atoms with E-state index in [9.17, 15) is 5.11 Å². The van der Waals surface area contributed by atoms with Gasteiger partial charge >= 0.3 is 0 Å². The van der Waals surface area contributed by atoms with Gasteiger partial charge in [0.05, 0.1) is 10.7 Å². The normalized spacial score (nSPS) is 12.3. The highest BCUT2D eigenvalue weighted by atomic mass is 16.3. The van der Waals surface area contributed by atoms with Crippen molar-refractivity contribution in [3.8, 4) is 17.2 Å². The van der Waals surface area contributed by atoms with Crippen molar-refractivity contribution in [2.45, 2.75) is 20.8 Å². The molecule has 132 valence electrons. The summed E-state index contributed by atoms with van der Waals surface area (Å²) < 4.78 is 6.16. The first-order valence-electron chi connectivity index (χ1n) is 8.86. The van der Waals surface area contributed by atoms with E-state index in [1.807, 2.05) is 51.1 Å². The fourth-order valence-corrected chi connectivity index (χ4v) is 3.35. The minimum absolute atomic E-state index is 0.198. The van der Waals surface area contributed by atoms with Gasteiger partial charge in [-0.05, 0) is 38.5 Å². The molecule has 1 heterocycles. The van der Waals surface area contributed by atoms with Gasteiger partial charge in [0.2, 0.25) is 0 Å². The maximum Gasteiger partial charge on any atom is 0.156 e. The molecule has 0 fully saturated rings. The number of aromatic nitrogens is 1. The number of hydrogen-bond acceptors (Lipinski definition) is 5. The van der Waals surface area contributed by atoms with Gasteiger partial charge in [0, 0.05) is 36.3 Å². The van der Waals surface area contributed by atoms with Gasteiger partial charge < -0.3 is 14.8 Å². The first kappa shape index (κ1) is 16.4. The van der Waals surface area contributed by atoms with Gasteiger partial charge in [0.15, 0.2) is 11.3 Å². The average molecular weight is 347 g/mol. The number of benzene rings is 3. The monoisotopic (exact) mass is 347 g/mol. The summed E-state index contributed by atoms with van der Waals surface area (Å²) in [5.74, 6) is 0.885.